The van der Waals surface area contributed by atoms with Crippen LogP contribution in [-0.2, 0) is 4.74 Å². The fraction of sp³-hybridized carbons (Fsp3) is 0.481. The molecule has 1 aromatic heterocycles. The number of rotatable bonds is 12. The van der Waals surface area contributed by atoms with Gasteiger partial charge in [0.25, 0.3) is 5.91 Å². The van der Waals surface area contributed by atoms with Crippen LogP contribution < -0.4 is 14.4 Å². The van der Waals surface area contributed by atoms with Gasteiger partial charge in [-0.25, -0.2) is 4.98 Å². The van der Waals surface area contributed by atoms with E-state index < -0.39 is 0 Å². The zero-order valence-electron chi connectivity index (χ0n) is 20.7. The van der Waals surface area contributed by atoms with Gasteiger partial charge in [-0.05, 0) is 50.1 Å². The third-order valence-corrected chi connectivity index (χ3v) is 7.00. The van der Waals surface area contributed by atoms with Gasteiger partial charge in [0.2, 0.25) is 0 Å². The molecule has 0 saturated carbocycles. The summed E-state index contributed by atoms with van der Waals surface area (Å²) in [5.74, 6) is 1.41. The van der Waals surface area contributed by atoms with Gasteiger partial charge in [0.15, 0.2) is 5.13 Å². The molecule has 1 aliphatic heterocycles. The summed E-state index contributed by atoms with van der Waals surface area (Å²) in [6.07, 6.45) is 2.91. The maximum Gasteiger partial charge on any atom is 0.260 e. The number of fused-ring (bicyclic) bond motifs is 1. The first-order valence-corrected chi connectivity index (χ1v) is 13.4. The molecule has 4 rings (SSSR count). The van der Waals surface area contributed by atoms with E-state index in [1.54, 1.807) is 0 Å². The summed E-state index contributed by atoms with van der Waals surface area (Å²) in [5, 5.41) is 0.691. The van der Waals surface area contributed by atoms with E-state index in [9.17, 15) is 4.79 Å². The second kappa shape index (κ2) is 12.9. The van der Waals surface area contributed by atoms with E-state index in [2.05, 4.69) is 11.8 Å². The van der Waals surface area contributed by atoms with Crippen molar-refractivity contribution in [3.63, 3.8) is 0 Å². The van der Waals surface area contributed by atoms with E-state index in [0.717, 1.165) is 73.8 Å². The topological polar surface area (TPSA) is 64.1 Å². The van der Waals surface area contributed by atoms with Crippen molar-refractivity contribution in [2.75, 3.05) is 57.5 Å². The molecule has 35 heavy (non-hydrogen) atoms. The maximum absolute atomic E-state index is 13.8. The quantitative estimate of drug-likeness (QED) is 0.319. The summed E-state index contributed by atoms with van der Waals surface area (Å²) >= 11 is 1.52. The Bertz CT molecular complexity index is 1100. The first-order chi connectivity index (χ1) is 17.2. The van der Waals surface area contributed by atoms with Crippen LogP contribution in [0.5, 0.6) is 11.5 Å². The average Bonchev–Trinajstić information content (AvgIpc) is 3.32. The van der Waals surface area contributed by atoms with Crippen molar-refractivity contribution in [3.05, 3.63) is 48.0 Å². The van der Waals surface area contributed by atoms with E-state index in [4.69, 9.17) is 19.2 Å². The van der Waals surface area contributed by atoms with Crippen LogP contribution in [0.2, 0.25) is 0 Å². The third-order valence-electron chi connectivity index (χ3n) is 5.95. The van der Waals surface area contributed by atoms with Crippen molar-refractivity contribution in [1.29, 1.82) is 0 Å². The second-order valence-electron chi connectivity index (χ2n) is 8.53. The number of hydrogen-bond donors (Lipinski definition) is 0. The largest absolute Gasteiger partial charge is 0.494 e. The van der Waals surface area contributed by atoms with Gasteiger partial charge in [0.1, 0.15) is 17.0 Å². The smallest absolute Gasteiger partial charge is 0.260 e. The molecule has 2 aromatic carbocycles. The molecule has 0 atom stereocenters. The van der Waals surface area contributed by atoms with Crippen LogP contribution in [0.25, 0.3) is 10.2 Å². The lowest BCUT2D eigenvalue weighted by molar-refractivity contribution is 0.0376. The zero-order chi connectivity index (χ0) is 24.5. The number of nitrogens with zero attached hydrogens (tertiary/aromatic N) is 3. The van der Waals surface area contributed by atoms with Gasteiger partial charge in [0.05, 0.1) is 31.1 Å². The molecular formula is C27H35N3O4S. The number of para-hydroxylation sites is 1. The lowest BCUT2D eigenvalue weighted by atomic mass is 10.2. The molecule has 0 spiro atoms. The highest BCUT2D eigenvalue weighted by Gasteiger charge is 2.23. The molecule has 0 bridgehead atoms. The van der Waals surface area contributed by atoms with Crippen LogP contribution in [0, 0.1) is 0 Å². The molecule has 0 aliphatic carbocycles. The van der Waals surface area contributed by atoms with E-state index >= 15 is 0 Å². The van der Waals surface area contributed by atoms with Crippen LogP contribution >= 0.6 is 11.3 Å². The number of aromatic nitrogens is 1. The van der Waals surface area contributed by atoms with E-state index in [1.165, 1.54) is 11.3 Å². The minimum absolute atomic E-state index is 0.0649. The number of carbonyl (C=O) groups excluding carboxylic acids is 1. The van der Waals surface area contributed by atoms with Crippen LogP contribution in [0.4, 0.5) is 5.13 Å². The SMILES string of the molecule is CCCCOc1cccc(C(=O)N(CCCN2CCOCC2)c2nc3c(OCC)cccc3s2)c1. The Labute approximate surface area is 211 Å². The molecule has 3 aromatic rings. The van der Waals surface area contributed by atoms with Crippen molar-refractivity contribution in [2.24, 2.45) is 0 Å². The van der Waals surface area contributed by atoms with E-state index in [0.29, 0.717) is 30.5 Å². The summed E-state index contributed by atoms with van der Waals surface area (Å²) in [7, 11) is 0. The number of amides is 1. The minimum Gasteiger partial charge on any atom is -0.494 e. The number of unbranched alkanes of at least 4 members (excludes halogenated alkanes) is 1. The first-order valence-electron chi connectivity index (χ1n) is 12.6. The number of benzene rings is 2. The van der Waals surface area contributed by atoms with Crippen LogP contribution in [0.15, 0.2) is 42.5 Å². The molecule has 8 heteroatoms. The van der Waals surface area contributed by atoms with E-state index in [1.807, 2.05) is 54.3 Å². The van der Waals surface area contributed by atoms with Crippen LogP contribution in [0.3, 0.4) is 0 Å². The number of anilines is 1. The Morgan fingerprint density at radius 2 is 1.94 bits per heavy atom. The zero-order valence-corrected chi connectivity index (χ0v) is 21.5. The molecule has 1 amide bonds. The predicted molar refractivity (Wildman–Crippen MR) is 141 cm³/mol. The highest BCUT2D eigenvalue weighted by Crippen LogP contribution is 2.35. The van der Waals surface area contributed by atoms with Gasteiger partial charge >= 0.3 is 0 Å². The first kappa shape index (κ1) is 25.4. The summed E-state index contributed by atoms with van der Waals surface area (Å²) in [6.45, 7) is 10.2. The molecule has 188 valence electrons. The Morgan fingerprint density at radius 1 is 1.11 bits per heavy atom. The fourth-order valence-electron chi connectivity index (χ4n) is 4.07. The summed E-state index contributed by atoms with van der Waals surface area (Å²) in [5.41, 5.74) is 1.41. The van der Waals surface area contributed by atoms with Gasteiger partial charge in [-0.1, -0.05) is 36.8 Å². The van der Waals surface area contributed by atoms with Crippen molar-refractivity contribution < 1.29 is 19.0 Å². The monoisotopic (exact) mass is 497 g/mol. The lowest BCUT2D eigenvalue weighted by Gasteiger charge is -2.27. The Kier molecular flexibility index (Phi) is 9.34. The highest BCUT2D eigenvalue weighted by molar-refractivity contribution is 7.22. The summed E-state index contributed by atoms with van der Waals surface area (Å²) in [6, 6.07) is 13.4. The van der Waals surface area contributed by atoms with Crippen molar-refractivity contribution in [2.45, 2.75) is 33.1 Å². The Hall–Kier alpha value is -2.68. The molecule has 1 fully saturated rings. The number of thiazole rings is 1. The van der Waals surface area contributed by atoms with Gasteiger partial charge in [-0.3, -0.25) is 14.6 Å². The van der Waals surface area contributed by atoms with Crippen molar-refractivity contribution >= 4 is 32.6 Å². The molecule has 7 nitrogen and oxygen atoms in total. The normalized spacial score (nSPS) is 14.2. The molecule has 1 saturated heterocycles. The highest BCUT2D eigenvalue weighted by atomic mass is 32.1. The van der Waals surface area contributed by atoms with Crippen LogP contribution in [0.1, 0.15) is 43.5 Å². The lowest BCUT2D eigenvalue weighted by Crippen LogP contribution is -2.39. The summed E-state index contributed by atoms with van der Waals surface area (Å²) in [4.78, 5) is 22.8. The Morgan fingerprint density at radius 3 is 2.74 bits per heavy atom. The van der Waals surface area contributed by atoms with Crippen LogP contribution in [-0.4, -0.2) is 68.4 Å². The molecule has 0 radical (unpaired) electrons. The van der Waals surface area contributed by atoms with Gasteiger partial charge < -0.3 is 14.2 Å². The summed E-state index contributed by atoms with van der Waals surface area (Å²) < 4.78 is 18.1. The molecule has 1 aliphatic rings. The molecule has 0 unspecified atom stereocenters. The second-order valence-corrected chi connectivity index (χ2v) is 9.54. The maximum atomic E-state index is 13.8. The predicted octanol–water partition coefficient (Wildman–Crippen LogP) is 5.24. The van der Waals surface area contributed by atoms with Crippen molar-refractivity contribution in [3.8, 4) is 11.5 Å². The van der Waals surface area contributed by atoms with Gasteiger partial charge in [-0.15, -0.1) is 0 Å². The fourth-order valence-corrected chi connectivity index (χ4v) is 5.08. The standard InChI is InChI=1S/C27H35N3O4S/c1-3-5-17-34-22-10-6-9-21(20-22)26(31)30(14-8-13-29-15-18-32-19-16-29)27-28-25-23(33-4-2)11-7-12-24(25)35-27/h6-7,9-12,20H,3-5,8,13-19H2,1-2H3. The average molecular weight is 498 g/mol. The molecular weight excluding hydrogens is 462 g/mol. The van der Waals surface area contributed by atoms with Crippen molar-refractivity contribution in [1.82, 2.24) is 9.88 Å². The third kappa shape index (κ3) is 6.72. The van der Waals surface area contributed by atoms with Gasteiger partial charge in [0, 0.05) is 31.7 Å². The number of carbonyl (C=O) groups is 1. The molecule has 0 N–H and O–H groups in total. The van der Waals surface area contributed by atoms with E-state index in [-0.39, 0.29) is 5.91 Å². The van der Waals surface area contributed by atoms with Gasteiger partial charge in [-0.2, -0.15) is 0 Å². The minimum atomic E-state index is -0.0649. The number of hydrogen-bond acceptors (Lipinski definition) is 7. The molecule has 2 heterocycles. The Balaban J connectivity index is 1.57. The number of morpholine rings is 1. The number of ether oxygens (including phenoxy) is 3.